The highest BCUT2D eigenvalue weighted by molar-refractivity contribution is 5.94. The van der Waals surface area contributed by atoms with E-state index >= 15 is 0 Å². The normalized spacial score (nSPS) is 17.4. The first-order chi connectivity index (χ1) is 15.1. The van der Waals surface area contributed by atoms with Crippen LogP contribution in [0.4, 0.5) is 0 Å². The average Bonchev–Trinajstić information content (AvgIpc) is 2.83. The van der Waals surface area contributed by atoms with Gasteiger partial charge in [-0.2, -0.15) is 0 Å². The Labute approximate surface area is 183 Å². The monoisotopic (exact) mass is 406 g/mol. The van der Waals surface area contributed by atoms with Crippen molar-refractivity contribution in [2.45, 2.75) is 25.4 Å². The van der Waals surface area contributed by atoms with Gasteiger partial charge < -0.3 is 9.47 Å². The summed E-state index contributed by atoms with van der Waals surface area (Å²) in [7, 11) is 1.69. The maximum Gasteiger partial charge on any atom is 0.178 e. The lowest BCUT2D eigenvalue weighted by Crippen LogP contribution is -2.35. The van der Waals surface area contributed by atoms with Crippen molar-refractivity contribution in [1.29, 1.82) is 0 Å². The lowest BCUT2D eigenvalue weighted by Gasteiger charge is -2.38. The third kappa shape index (κ3) is 3.19. The van der Waals surface area contributed by atoms with Crippen molar-refractivity contribution in [2.75, 3.05) is 7.11 Å². The molecule has 0 aromatic heterocycles. The number of methoxy groups -OCH3 is 1. The topological polar surface area (TPSA) is 18.5 Å². The minimum absolute atomic E-state index is 0.376. The highest BCUT2D eigenvalue weighted by Gasteiger charge is 2.39. The molecule has 0 radical (unpaired) electrons. The van der Waals surface area contributed by atoms with E-state index in [9.17, 15) is 0 Å². The van der Waals surface area contributed by atoms with Gasteiger partial charge in [0.1, 0.15) is 11.5 Å². The van der Waals surface area contributed by atoms with Crippen molar-refractivity contribution in [3.63, 3.8) is 0 Å². The van der Waals surface area contributed by atoms with E-state index < -0.39 is 5.60 Å². The second-order valence-corrected chi connectivity index (χ2v) is 8.34. The molecule has 0 spiro atoms. The van der Waals surface area contributed by atoms with E-state index in [4.69, 9.17) is 9.47 Å². The minimum atomic E-state index is -0.706. The van der Waals surface area contributed by atoms with Gasteiger partial charge in [0.05, 0.1) is 7.11 Å². The summed E-state index contributed by atoms with van der Waals surface area (Å²) >= 11 is 0. The van der Waals surface area contributed by atoms with Crippen LogP contribution in [0.25, 0.3) is 16.8 Å². The van der Waals surface area contributed by atoms with Gasteiger partial charge in [0.15, 0.2) is 5.60 Å². The van der Waals surface area contributed by atoms with Gasteiger partial charge in [-0.05, 0) is 52.6 Å². The predicted octanol–water partition coefficient (Wildman–Crippen LogP) is 7.32. The Kier molecular flexibility index (Phi) is 4.78. The maximum atomic E-state index is 6.94. The number of hydrogen-bond acceptors (Lipinski definition) is 2. The second kappa shape index (κ2) is 7.63. The molecule has 1 heterocycles. The van der Waals surface area contributed by atoms with Crippen LogP contribution in [0.1, 0.15) is 42.0 Å². The molecule has 2 nitrogen and oxygen atoms in total. The molecule has 0 saturated carbocycles. The average molecular weight is 407 g/mol. The summed E-state index contributed by atoms with van der Waals surface area (Å²) < 4.78 is 12.3. The summed E-state index contributed by atoms with van der Waals surface area (Å²) in [4.78, 5) is 0. The third-order valence-corrected chi connectivity index (χ3v) is 6.19. The fraction of sp³-hybridized carbons (Fsp3) is 0.172. The van der Waals surface area contributed by atoms with E-state index in [0.717, 1.165) is 22.6 Å². The quantitative estimate of drug-likeness (QED) is 0.353. The van der Waals surface area contributed by atoms with Gasteiger partial charge in [-0.1, -0.05) is 80.6 Å². The van der Waals surface area contributed by atoms with Crippen LogP contribution in [0.15, 0.2) is 91.0 Å². The highest BCUT2D eigenvalue weighted by Crippen LogP contribution is 2.46. The van der Waals surface area contributed by atoms with Crippen LogP contribution in [0.3, 0.4) is 0 Å². The fourth-order valence-corrected chi connectivity index (χ4v) is 4.58. The Bertz CT molecular complexity index is 1270. The Morgan fingerprint density at radius 1 is 0.806 bits per heavy atom. The number of benzene rings is 4. The van der Waals surface area contributed by atoms with E-state index in [1.165, 1.54) is 21.9 Å². The van der Waals surface area contributed by atoms with Crippen LogP contribution in [0.5, 0.6) is 11.5 Å². The van der Waals surface area contributed by atoms with E-state index in [1.807, 2.05) is 12.1 Å². The van der Waals surface area contributed by atoms with Crippen molar-refractivity contribution < 1.29 is 9.47 Å². The Morgan fingerprint density at radius 3 is 2.32 bits per heavy atom. The van der Waals surface area contributed by atoms with Crippen molar-refractivity contribution in [3.05, 3.63) is 113 Å². The highest BCUT2D eigenvalue weighted by atomic mass is 16.5. The summed E-state index contributed by atoms with van der Waals surface area (Å²) in [5.74, 6) is 2.11. The maximum absolute atomic E-state index is 6.94. The molecule has 0 fully saturated rings. The molecule has 0 unspecified atom stereocenters. The molecule has 1 aliphatic heterocycles. The first kappa shape index (κ1) is 19.4. The van der Waals surface area contributed by atoms with Crippen molar-refractivity contribution in [2.24, 2.45) is 0 Å². The molecule has 154 valence electrons. The van der Waals surface area contributed by atoms with E-state index in [-0.39, 0.29) is 0 Å². The van der Waals surface area contributed by atoms with Gasteiger partial charge in [0.25, 0.3) is 0 Å². The van der Waals surface area contributed by atoms with Crippen LogP contribution < -0.4 is 9.47 Å². The van der Waals surface area contributed by atoms with Crippen LogP contribution in [-0.2, 0) is 5.60 Å². The molecule has 0 N–H and O–H groups in total. The summed E-state index contributed by atoms with van der Waals surface area (Å²) in [6.45, 7) is 4.46. The van der Waals surface area contributed by atoms with E-state index in [2.05, 4.69) is 98.8 Å². The number of fused-ring (bicyclic) bond motifs is 3. The fourth-order valence-electron chi connectivity index (χ4n) is 4.58. The number of ether oxygens (including phenoxy) is 2. The summed E-state index contributed by atoms with van der Waals surface area (Å²) in [6.07, 6.45) is 4.44. The predicted molar refractivity (Wildman–Crippen MR) is 128 cm³/mol. The van der Waals surface area contributed by atoms with Gasteiger partial charge in [0.2, 0.25) is 0 Å². The van der Waals surface area contributed by atoms with Gasteiger partial charge in [-0.25, -0.2) is 0 Å². The van der Waals surface area contributed by atoms with E-state index in [1.54, 1.807) is 7.11 Å². The summed E-state index contributed by atoms with van der Waals surface area (Å²) in [5.41, 5.74) is 3.96. The number of hydrogen-bond donors (Lipinski definition) is 0. The molecule has 31 heavy (non-hydrogen) atoms. The molecule has 1 aliphatic rings. The Morgan fingerprint density at radius 2 is 1.55 bits per heavy atom. The Balaban J connectivity index is 1.75. The zero-order chi connectivity index (χ0) is 21.4. The van der Waals surface area contributed by atoms with Gasteiger partial charge in [-0.3, -0.25) is 0 Å². The minimum Gasteiger partial charge on any atom is -0.497 e. The zero-order valence-electron chi connectivity index (χ0n) is 18.1. The zero-order valence-corrected chi connectivity index (χ0v) is 18.1. The first-order valence-corrected chi connectivity index (χ1v) is 10.8. The lowest BCUT2D eigenvalue weighted by molar-refractivity contribution is 0.160. The third-order valence-electron chi connectivity index (χ3n) is 6.19. The van der Waals surface area contributed by atoms with Crippen molar-refractivity contribution in [1.82, 2.24) is 0 Å². The van der Waals surface area contributed by atoms with Crippen molar-refractivity contribution in [3.8, 4) is 11.5 Å². The van der Waals surface area contributed by atoms with Crippen LogP contribution >= 0.6 is 0 Å². The molecule has 2 heteroatoms. The van der Waals surface area contributed by atoms with Crippen LogP contribution in [0.2, 0.25) is 0 Å². The standard InChI is InChI=1S/C29H26O2/c1-20(2)24-9-6-7-11-27(24)29(22-13-15-23(30-3)16-14-22)19-18-26-25-10-5-4-8-21(25)12-17-28(26)31-29/h4-20H,1-3H3/t29-/m1/s1. The molecule has 0 aliphatic carbocycles. The van der Waals surface area contributed by atoms with Crippen molar-refractivity contribution >= 4 is 16.8 Å². The molecular formula is C29H26O2. The first-order valence-electron chi connectivity index (χ1n) is 10.8. The molecule has 0 bridgehead atoms. The van der Waals surface area contributed by atoms with Gasteiger partial charge in [-0.15, -0.1) is 0 Å². The molecular weight excluding hydrogens is 380 g/mol. The summed E-state index contributed by atoms with van der Waals surface area (Å²) in [5, 5.41) is 2.42. The largest absolute Gasteiger partial charge is 0.497 e. The molecule has 0 amide bonds. The Hall–Kier alpha value is -3.52. The van der Waals surface area contributed by atoms with Crippen LogP contribution in [0, 0.1) is 0 Å². The molecule has 4 aromatic rings. The van der Waals surface area contributed by atoms with Gasteiger partial charge >= 0.3 is 0 Å². The lowest BCUT2D eigenvalue weighted by atomic mass is 9.79. The van der Waals surface area contributed by atoms with Gasteiger partial charge in [0, 0.05) is 16.7 Å². The molecule has 4 aromatic carbocycles. The molecule has 5 rings (SSSR count). The van der Waals surface area contributed by atoms with E-state index in [0.29, 0.717) is 5.92 Å². The SMILES string of the molecule is COc1ccc([C@@]2(c3ccccc3C(C)C)C=Cc3c(ccc4ccccc34)O2)cc1. The second-order valence-electron chi connectivity index (χ2n) is 8.34. The van der Waals surface area contributed by atoms with Crippen LogP contribution in [-0.4, -0.2) is 7.11 Å². The number of rotatable bonds is 4. The molecule has 0 saturated heterocycles. The smallest absolute Gasteiger partial charge is 0.178 e. The summed E-state index contributed by atoms with van der Waals surface area (Å²) in [6, 6.07) is 29.5. The molecule has 1 atom stereocenters.